The summed E-state index contributed by atoms with van der Waals surface area (Å²) in [5.74, 6) is 1.23. The summed E-state index contributed by atoms with van der Waals surface area (Å²) in [6.07, 6.45) is 2.83. The minimum absolute atomic E-state index is 0.302. The highest BCUT2D eigenvalue weighted by atomic mass is 32.2. The second-order valence-electron chi connectivity index (χ2n) is 6.97. The van der Waals surface area contributed by atoms with Gasteiger partial charge in [0.2, 0.25) is 5.89 Å². The molecule has 0 aliphatic rings. The highest BCUT2D eigenvalue weighted by molar-refractivity contribution is 7.90. The zero-order valence-electron chi connectivity index (χ0n) is 17.3. The molecule has 30 heavy (non-hydrogen) atoms. The lowest BCUT2D eigenvalue weighted by Crippen LogP contribution is -2.36. The number of rotatable bonds is 7. The molecule has 8 heteroatoms. The predicted molar refractivity (Wildman–Crippen MR) is 118 cm³/mol. The van der Waals surface area contributed by atoms with Crippen molar-refractivity contribution in [1.82, 2.24) is 15.6 Å². The number of sulfone groups is 1. The number of nitrogens with one attached hydrogen (secondary N) is 2. The molecule has 0 atom stereocenters. The molecule has 3 rings (SSSR count). The minimum Gasteiger partial charge on any atom is -0.444 e. The van der Waals surface area contributed by atoms with Gasteiger partial charge in [0.25, 0.3) is 0 Å². The number of guanidine groups is 1. The van der Waals surface area contributed by atoms with Crippen LogP contribution in [0.2, 0.25) is 0 Å². The van der Waals surface area contributed by atoms with Crippen molar-refractivity contribution in [3.63, 3.8) is 0 Å². The normalized spacial score (nSPS) is 12.0. The SMILES string of the molecule is CCNC(=NCc1ccc(S(C)(=O)=O)cc1)NCc1coc(-c2ccc(C)cc2)n1. The molecular formula is C22H26N4O3S. The largest absolute Gasteiger partial charge is 0.444 e. The number of nitrogens with zero attached hydrogens (tertiary/aromatic N) is 2. The maximum absolute atomic E-state index is 11.6. The van der Waals surface area contributed by atoms with Crippen LogP contribution in [0, 0.1) is 6.92 Å². The van der Waals surface area contributed by atoms with Crippen LogP contribution in [-0.2, 0) is 22.9 Å². The van der Waals surface area contributed by atoms with Crippen LogP contribution in [0.25, 0.3) is 11.5 Å². The fraction of sp³-hybridized carbons (Fsp3) is 0.273. The van der Waals surface area contributed by atoms with E-state index in [-0.39, 0.29) is 0 Å². The lowest BCUT2D eigenvalue weighted by molar-refractivity contribution is 0.572. The van der Waals surface area contributed by atoms with Crippen molar-refractivity contribution in [2.24, 2.45) is 4.99 Å². The molecule has 0 saturated carbocycles. The van der Waals surface area contributed by atoms with Gasteiger partial charge in [-0.1, -0.05) is 29.8 Å². The van der Waals surface area contributed by atoms with E-state index in [2.05, 4.69) is 20.6 Å². The van der Waals surface area contributed by atoms with Gasteiger partial charge in [-0.05, 0) is 43.7 Å². The first-order valence-corrected chi connectivity index (χ1v) is 11.6. The molecule has 0 radical (unpaired) electrons. The lowest BCUT2D eigenvalue weighted by Gasteiger charge is -2.10. The fourth-order valence-corrected chi connectivity index (χ4v) is 3.38. The van der Waals surface area contributed by atoms with Gasteiger partial charge in [-0.3, -0.25) is 0 Å². The Morgan fingerprint density at radius 1 is 1.07 bits per heavy atom. The molecule has 0 fully saturated rings. The standard InChI is InChI=1S/C22H26N4O3S/c1-4-23-22(24-13-17-7-11-20(12-8-17)30(3,27)28)25-14-19-15-29-21(26-19)18-9-5-16(2)6-10-18/h5-12,15H,4,13-14H2,1-3H3,(H2,23,24,25). The number of aliphatic imine (C=N–C) groups is 1. The zero-order chi connectivity index (χ0) is 21.6. The number of aromatic nitrogens is 1. The van der Waals surface area contributed by atoms with Gasteiger partial charge in [0.15, 0.2) is 15.8 Å². The van der Waals surface area contributed by atoms with Gasteiger partial charge in [-0.25, -0.2) is 18.4 Å². The van der Waals surface area contributed by atoms with Crippen molar-refractivity contribution in [3.05, 3.63) is 71.6 Å². The van der Waals surface area contributed by atoms with Gasteiger partial charge in [0, 0.05) is 18.4 Å². The maximum atomic E-state index is 11.6. The van der Waals surface area contributed by atoms with Gasteiger partial charge in [0.1, 0.15) is 6.26 Å². The topological polar surface area (TPSA) is 96.6 Å². The smallest absolute Gasteiger partial charge is 0.226 e. The van der Waals surface area contributed by atoms with E-state index >= 15 is 0 Å². The number of oxazole rings is 1. The highest BCUT2D eigenvalue weighted by Gasteiger charge is 2.08. The molecule has 2 N–H and O–H groups in total. The van der Waals surface area contributed by atoms with Gasteiger partial charge >= 0.3 is 0 Å². The first-order chi connectivity index (χ1) is 14.3. The summed E-state index contributed by atoms with van der Waals surface area (Å²) in [6.45, 7) is 5.63. The molecule has 0 spiro atoms. The maximum Gasteiger partial charge on any atom is 0.226 e. The average Bonchev–Trinajstić information content (AvgIpc) is 3.19. The number of hydrogen-bond acceptors (Lipinski definition) is 5. The van der Waals surface area contributed by atoms with E-state index in [4.69, 9.17) is 4.42 Å². The van der Waals surface area contributed by atoms with E-state index in [1.165, 1.54) is 11.8 Å². The molecule has 1 heterocycles. The molecule has 0 unspecified atom stereocenters. The molecule has 3 aromatic rings. The number of aryl methyl sites for hydroxylation is 1. The molecule has 2 aromatic carbocycles. The summed E-state index contributed by atoms with van der Waals surface area (Å²) in [6, 6.07) is 14.8. The predicted octanol–water partition coefficient (Wildman–Crippen LogP) is 3.31. The molecule has 0 aliphatic carbocycles. The quantitative estimate of drug-likeness (QED) is 0.444. The van der Waals surface area contributed by atoms with Gasteiger partial charge in [-0.15, -0.1) is 0 Å². The Balaban J connectivity index is 1.62. The van der Waals surface area contributed by atoms with Gasteiger partial charge < -0.3 is 15.1 Å². The molecule has 7 nitrogen and oxygen atoms in total. The third kappa shape index (κ3) is 5.93. The van der Waals surface area contributed by atoms with E-state index in [0.29, 0.717) is 36.4 Å². The fourth-order valence-electron chi connectivity index (χ4n) is 2.75. The Labute approximate surface area is 177 Å². The molecule has 0 saturated heterocycles. The third-order valence-corrected chi connectivity index (χ3v) is 5.53. The van der Waals surface area contributed by atoms with Crippen molar-refractivity contribution in [2.45, 2.75) is 31.8 Å². The Morgan fingerprint density at radius 2 is 1.77 bits per heavy atom. The van der Waals surface area contributed by atoms with Crippen LogP contribution in [0.15, 0.2) is 69.1 Å². The van der Waals surface area contributed by atoms with Crippen molar-refractivity contribution in [2.75, 3.05) is 12.8 Å². The summed E-state index contributed by atoms with van der Waals surface area (Å²) < 4.78 is 28.7. The Hall–Kier alpha value is -3.13. The monoisotopic (exact) mass is 426 g/mol. The van der Waals surface area contributed by atoms with E-state index in [0.717, 1.165) is 16.8 Å². The van der Waals surface area contributed by atoms with Crippen molar-refractivity contribution in [3.8, 4) is 11.5 Å². The minimum atomic E-state index is -3.20. The molecular weight excluding hydrogens is 400 g/mol. The second kappa shape index (κ2) is 9.58. The van der Waals surface area contributed by atoms with E-state index in [1.54, 1.807) is 30.5 Å². The van der Waals surface area contributed by atoms with Crippen LogP contribution in [0.3, 0.4) is 0 Å². The summed E-state index contributed by atoms with van der Waals surface area (Å²) in [7, 11) is -3.20. The highest BCUT2D eigenvalue weighted by Crippen LogP contribution is 2.19. The first kappa shape index (κ1) is 21.6. The number of benzene rings is 2. The summed E-state index contributed by atoms with van der Waals surface area (Å²) in [5.41, 5.74) is 3.81. The summed E-state index contributed by atoms with van der Waals surface area (Å²) >= 11 is 0. The third-order valence-electron chi connectivity index (χ3n) is 4.40. The van der Waals surface area contributed by atoms with Crippen molar-refractivity contribution < 1.29 is 12.8 Å². The molecule has 0 amide bonds. The van der Waals surface area contributed by atoms with Crippen LogP contribution in [-0.4, -0.2) is 32.2 Å². The van der Waals surface area contributed by atoms with Crippen LogP contribution in [0.5, 0.6) is 0 Å². The molecule has 0 bridgehead atoms. The van der Waals surface area contributed by atoms with Gasteiger partial charge in [-0.2, -0.15) is 0 Å². The molecule has 158 valence electrons. The zero-order valence-corrected chi connectivity index (χ0v) is 18.2. The van der Waals surface area contributed by atoms with E-state index in [1.807, 2.05) is 38.1 Å². The molecule has 0 aliphatic heterocycles. The van der Waals surface area contributed by atoms with Crippen LogP contribution in [0.4, 0.5) is 0 Å². The van der Waals surface area contributed by atoms with Gasteiger partial charge in [0.05, 0.1) is 23.7 Å². The Kier molecular flexibility index (Phi) is 6.89. The lowest BCUT2D eigenvalue weighted by atomic mass is 10.1. The van der Waals surface area contributed by atoms with Crippen molar-refractivity contribution >= 4 is 15.8 Å². The van der Waals surface area contributed by atoms with Crippen LogP contribution in [0.1, 0.15) is 23.7 Å². The van der Waals surface area contributed by atoms with Crippen LogP contribution >= 0.6 is 0 Å². The first-order valence-electron chi connectivity index (χ1n) is 9.68. The van der Waals surface area contributed by atoms with E-state index in [9.17, 15) is 8.42 Å². The second-order valence-corrected chi connectivity index (χ2v) is 8.99. The summed E-state index contributed by atoms with van der Waals surface area (Å²) in [4.78, 5) is 9.38. The van der Waals surface area contributed by atoms with Crippen LogP contribution < -0.4 is 10.6 Å². The Bertz CT molecular complexity index is 1100. The average molecular weight is 427 g/mol. The Morgan fingerprint density at radius 3 is 2.40 bits per heavy atom. The molecule has 1 aromatic heterocycles. The number of hydrogen-bond donors (Lipinski definition) is 2. The van der Waals surface area contributed by atoms with E-state index < -0.39 is 9.84 Å². The summed E-state index contributed by atoms with van der Waals surface area (Å²) in [5, 5.41) is 6.43. The van der Waals surface area contributed by atoms with Crippen molar-refractivity contribution in [1.29, 1.82) is 0 Å².